The number of hydrogen-bond acceptors (Lipinski definition) is 4. The predicted molar refractivity (Wildman–Crippen MR) is 140 cm³/mol. The van der Waals surface area contributed by atoms with Crippen molar-refractivity contribution in [2.75, 3.05) is 20.1 Å². The molecule has 36 heavy (non-hydrogen) atoms. The highest BCUT2D eigenvalue weighted by Crippen LogP contribution is 2.48. The second kappa shape index (κ2) is 10.7. The average molecular weight is 492 g/mol. The molecule has 1 heterocycles. The molecule has 0 unspecified atom stereocenters. The fourth-order valence-corrected chi connectivity index (χ4v) is 5.85. The highest BCUT2D eigenvalue weighted by Gasteiger charge is 2.47. The van der Waals surface area contributed by atoms with Crippen molar-refractivity contribution in [1.29, 1.82) is 0 Å². The number of carbonyl (C=O) groups is 1. The minimum absolute atomic E-state index is 0.0331. The largest absolute Gasteiger partial charge is 0.458 e. The van der Waals surface area contributed by atoms with Crippen molar-refractivity contribution in [3.05, 3.63) is 65.2 Å². The molecule has 0 aliphatic heterocycles. The third-order valence-electron chi connectivity index (χ3n) is 8.03. The van der Waals surface area contributed by atoms with Crippen molar-refractivity contribution in [2.24, 2.45) is 5.92 Å². The first-order valence-electron chi connectivity index (χ1n) is 13.6. The number of imidazole rings is 1. The van der Waals surface area contributed by atoms with E-state index in [0.717, 1.165) is 93.3 Å². The van der Waals surface area contributed by atoms with Crippen molar-refractivity contribution in [2.45, 2.75) is 76.2 Å². The smallest absolute Gasteiger partial charge is 0.309 e. The number of fused-ring (bicyclic) bond motifs is 2. The van der Waals surface area contributed by atoms with Crippen molar-refractivity contribution in [3.8, 4) is 0 Å². The normalized spacial score (nSPS) is 21.6. The van der Waals surface area contributed by atoms with Crippen LogP contribution in [0.4, 0.5) is 4.39 Å². The lowest BCUT2D eigenvalue weighted by Gasteiger charge is -2.45. The number of aromatic nitrogens is 2. The summed E-state index contributed by atoms with van der Waals surface area (Å²) in [5.41, 5.74) is 3.82. The average Bonchev–Trinajstić information content (AvgIpc) is 3.64. The van der Waals surface area contributed by atoms with E-state index in [1.807, 2.05) is 24.3 Å². The summed E-state index contributed by atoms with van der Waals surface area (Å²) in [6.45, 7) is 3.98. The maximum absolute atomic E-state index is 14.0. The van der Waals surface area contributed by atoms with Gasteiger partial charge in [0.25, 0.3) is 0 Å². The number of para-hydroxylation sites is 2. The zero-order valence-electron chi connectivity index (χ0n) is 21.6. The quantitative estimate of drug-likeness (QED) is 0.326. The van der Waals surface area contributed by atoms with Crippen LogP contribution in [0.5, 0.6) is 0 Å². The molecule has 1 saturated carbocycles. The highest BCUT2D eigenvalue weighted by molar-refractivity contribution is 5.75. The first-order chi connectivity index (χ1) is 17.5. The number of carbonyl (C=O) groups excluding carboxylic acids is 1. The SMILES string of the molecule is CCC[C@H]1c2ccc(F)cc2CC[C@@]1(CCN(C)CCCc1nc2ccccc2[nH]1)OC(=O)C1CC1. The first-order valence-corrected chi connectivity index (χ1v) is 13.6. The molecule has 5 rings (SSSR count). The van der Waals surface area contributed by atoms with Gasteiger partial charge in [-0.25, -0.2) is 9.37 Å². The second-order valence-corrected chi connectivity index (χ2v) is 10.8. The van der Waals surface area contributed by atoms with E-state index >= 15 is 0 Å². The Bertz CT molecular complexity index is 1170. The number of halogens is 1. The summed E-state index contributed by atoms with van der Waals surface area (Å²) in [6, 6.07) is 13.3. The molecule has 1 aromatic heterocycles. The van der Waals surface area contributed by atoms with Gasteiger partial charge in [0.1, 0.15) is 17.2 Å². The van der Waals surface area contributed by atoms with E-state index in [9.17, 15) is 9.18 Å². The summed E-state index contributed by atoms with van der Waals surface area (Å²) in [7, 11) is 2.15. The van der Waals surface area contributed by atoms with Gasteiger partial charge >= 0.3 is 5.97 Å². The van der Waals surface area contributed by atoms with Crippen molar-refractivity contribution in [3.63, 3.8) is 0 Å². The van der Waals surface area contributed by atoms with Crippen LogP contribution in [-0.4, -0.2) is 46.6 Å². The standard InChI is InChI=1S/C30H38FN3O2/c1-3-7-25-24-14-13-23(31)20-22(24)15-16-30(25,36-29(35)21-11-12-21)17-19-34(2)18-6-10-28-32-26-8-4-5-9-27(26)33-28/h4-5,8-9,13-14,20-21,25H,3,6-7,10-12,15-19H2,1-2H3,(H,32,33)/t25-,30-/m0/s1. The third-order valence-corrected chi connectivity index (χ3v) is 8.03. The molecule has 0 amide bonds. The van der Waals surface area contributed by atoms with E-state index in [4.69, 9.17) is 9.72 Å². The van der Waals surface area contributed by atoms with Gasteiger partial charge < -0.3 is 14.6 Å². The molecule has 0 bridgehead atoms. The zero-order chi connectivity index (χ0) is 25.1. The molecule has 192 valence electrons. The van der Waals surface area contributed by atoms with Crippen LogP contribution in [0.25, 0.3) is 11.0 Å². The van der Waals surface area contributed by atoms with E-state index in [1.54, 1.807) is 12.1 Å². The number of aromatic amines is 1. The Morgan fingerprint density at radius 1 is 1.22 bits per heavy atom. The van der Waals surface area contributed by atoms with E-state index < -0.39 is 5.60 Å². The predicted octanol–water partition coefficient (Wildman–Crippen LogP) is 6.18. The van der Waals surface area contributed by atoms with Gasteiger partial charge in [-0.3, -0.25) is 4.79 Å². The zero-order valence-corrected chi connectivity index (χ0v) is 21.6. The van der Waals surface area contributed by atoms with Crippen LogP contribution in [-0.2, 0) is 22.4 Å². The summed E-state index contributed by atoms with van der Waals surface area (Å²) < 4.78 is 20.4. The molecule has 1 fully saturated rings. The Morgan fingerprint density at radius 2 is 2.06 bits per heavy atom. The van der Waals surface area contributed by atoms with Crippen molar-refractivity contribution >= 4 is 17.0 Å². The summed E-state index contributed by atoms with van der Waals surface area (Å²) in [5.74, 6) is 0.988. The molecule has 2 atom stereocenters. The van der Waals surface area contributed by atoms with Crippen LogP contribution in [0.1, 0.15) is 74.7 Å². The van der Waals surface area contributed by atoms with Gasteiger partial charge in [-0.15, -0.1) is 0 Å². The van der Waals surface area contributed by atoms with E-state index in [2.05, 4.69) is 29.9 Å². The van der Waals surface area contributed by atoms with Gasteiger partial charge in [0.15, 0.2) is 0 Å². The highest BCUT2D eigenvalue weighted by atomic mass is 19.1. The molecule has 2 aliphatic rings. The first kappa shape index (κ1) is 24.9. The fraction of sp³-hybridized carbons (Fsp3) is 0.533. The monoisotopic (exact) mass is 491 g/mol. The van der Waals surface area contributed by atoms with Gasteiger partial charge in [-0.2, -0.15) is 0 Å². The van der Waals surface area contributed by atoms with Crippen LogP contribution in [0.15, 0.2) is 42.5 Å². The van der Waals surface area contributed by atoms with Gasteiger partial charge in [0.05, 0.1) is 17.0 Å². The maximum Gasteiger partial charge on any atom is 0.309 e. The minimum atomic E-state index is -0.520. The molecule has 6 heteroatoms. The Balaban J connectivity index is 1.26. The summed E-state index contributed by atoms with van der Waals surface area (Å²) in [4.78, 5) is 23.4. The van der Waals surface area contributed by atoms with E-state index in [0.29, 0.717) is 0 Å². The number of hydrogen-bond donors (Lipinski definition) is 1. The van der Waals surface area contributed by atoms with E-state index in [-0.39, 0.29) is 23.6 Å². The number of rotatable bonds is 11. The Hall–Kier alpha value is -2.73. The number of ether oxygens (including phenoxy) is 1. The van der Waals surface area contributed by atoms with Crippen LogP contribution < -0.4 is 0 Å². The number of nitrogens with one attached hydrogen (secondary N) is 1. The van der Waals surface area contributed by atoms with Crippen LogP contribution in [0, 0.1) is 11.7 Å². The molecule has 5 nitrogen and oxygen atoms in total. The summed E-state index contributed by atoms with van der Waals surface area (Å²) in [6.07, 6.45) is 8.04. The maximum atomic E-state index is 14.0. The minimum Gasteiger partial charge on any atom is -0.458 e. The van der Waals surface area contributed by atoms with Gasteiger partial charge in [0, 0.05) is 25.3 Å². The Kier molecular flexibility index (Phi) is 7.42. The molecule has 3 aromatic rings. The number of aryl methyl sites for hydroxylation is 2. The molecule has 0 radical (unpaired) electrons. The lowest BCUT2D eigenvalue weighted by molar-refractivity contribution is -0.168. The molecular formula is C30H38FN3O2. The number of benzene rings is 2. The molecule has 1 N–H and O–H groups in total. The lowest BCUT2D eigenvalue weighted by Crippen LogP contribution is -2.47. The molecular weight excluding hydrogens is 453 g/mol. The summed E-state index contributed by atoms with van der Waals surface area (Å²) >= 11 is 0. The number of H-pyrrole nitrogens is 1. The molecule has 2 aliphatic carbocycles. The van der Waals surface area contributed by atoms with Gasteiger partial charge in [0.2, 0.25) is 0 Å². The third kappa shape index (κ3) is 5.49. The van der Waals surface area contributed by atoms with Gasteiger partial charge in [-0.05, 0) is 87.5 Å². The molecule has 0 saturated heterocycles. The van der Waals surface area contributed by atoms with Crippen LogP contribution >= 0.6 is 0 Å². The Labute approximate surface area is 213 Å². The van der Waals surface area contributed by atoms with Crippen molar-refractivity contribution < 1.29 is 13.9 Å². The Morgan fingerprint density at radius 3 is 2.83 bits per heavy atom. The lowest BCUT2D eigenvalue weighted by atomic mass is 9.68. The fourth-order valence-electron chi connectivity index (χ4n) is 5.85. The van der Waals surface area contributed by atoms with E-state index in [1.165, 1.54) is 5.56 Å². The molecule has 0 spiro atoms. The van der Waals surface area contributed by atoms with Gasteiger partial charge in [-0.1, -0.05) is 31.5 Å². The van der Waals surface area contributed by atoms with Crippen LogP contribution in [0.2, 0.25) is 0 Å². The topological polar surface area (TPSA) is 58.2 Å². The number of esters is 1. The van der Waals surface area contributed by atoms with Crippen LogP contribution in [0.3, 0.4) is 0 Å². The number of nitrogens with zero attached hydrogens (tertiary/aromatic N) is 2. The molecule has 2 aromatic carbocycles. The summed E-state index contributed by atoms with van der Waals surface area (Å²) in [5, 5.41) is 0. The second-order valence-electron chi connectivity index (χ2n) is 10.8. The van der Waals surface area contributed by atoms with Crippen molar-refractivity contribution in [1.82, 2.24) is 14.9 Å².